The molecule has 0 spiro atoms. The molecule has 1 aliphatic heterocycles. The third kappa shape index (κ3) is 3.74. The Balaban J connectivity index is 1.42. The highest BCUT2D eigenvalue weighted by Gasteiger charge is 2.19. The highest BCUT2D eigenvalue weighted by Crippen LogP contribution is 2.21. The largest absolute Gasteiger partial charge is 0.437 e. The van der Waals surface area contributed by atoms with Gasteiger partial charge in [-0.1, -0.05) is 24.3 Å². The van der Waals surface area contributed by atoms with Crippen LogP contribution < -0.4 is 4.90 Å². The van der Waals surface area contributed by atoms with Crippen LogP contribution >= 0.6 is 0 Å². The van der Waals surface area contributed by atoms with Crippen molar-refractivity contribution in [3.63, 3.8) is 0 Å². The Kier molecular flexibility index (Phi) is 5.07. The van der Waals surface area contributed by atoms with Gasteiger partial charge < -0.3 is 14.2 Å². The van der Waals surface area contributed by atoms with Crippen LogP contribution in [0, 0.1) is 11.3 Å². The summed E-state index contributed by atoms with van der Waals surface area (Å²) in [5, 5.41) is 9.33. The van der Waals surface area contributed by atoms with Crippen LogP contribution in [-0.4, -0.2) is 42.0 Å². The highest BCUT2D eigenvalue weighted by atomic mass is 16.3. The van der Waals surface area contributed by atoms with Gasteiger partial charge in [0.25, 0.3) is 0 Å². The number of rotatable bonds is 3. The number of aromatic nitrogens is 1. The lowest BCUT2D eigenvalue weighted by molar-refractivity contribution is -0.125. The first-order valence-electron chi connectivity index (χ1n) is 9.31. The maximum Gasteiger partial charge on any atom is 0.246 e. The first-order valence-corrected chi connectivity index (χ1v) is 9.31. The van der Waals surface area contributed by atoms with Gasteiger partial charge in [-0.2, -0.15) is 5.26 Å². The van der Waals surface area contributed by atoms with E-state index in [1.54, 1.807) is 6.08 Å². The molecule has 1 fully saturated rings. The van der Waals surface area contributed by atoms with Crippen molar-refractivity contribution in [3.8, 4) is 6.07 Å². The minimum Gasteiger partial charge on any atom is -0.437 e. The van der Waals surface area contributed by atoms with E-state index in [1.165, 1.54) is 6.08 Å². The number of anilines is 1. The predicted molar refractivity (Wildman–Crippen MR) is 108 cm³/mol. The van der Waals surface area contributed by atoms with Crippen molar-refractivity contribution in [1.29, 1.82) is 5.26 Å². The molecular formula is C22H20N4O2. The van der Waals surface area contributed by atoms with Gasteiger partial charge >= 0.3 is 0 Å². The Bertz CT molecular complexity index is 1030. The molecule has 0 N–H and O–H groups in total. The lowest BCUT2D eigenvalue weighted by atomic mass is 10.1. The highest BCUT2D eigenvalue weighted by molar-refractivity contribution is 5.91. The van der Waals surface area contributed by atoms with Crippen molar-refractivity contribution >= 4 is 28.8 Å². The molecule has 0 radical (unpaired) electrons. The summed E-state index contributed by atoms with van der Waals surface area (Å²) >= 11 is 0. The molecule has 0 aliphatic carbocycles. The van der Waals surface area contributed by atoms with Crippen LogP contribution in [0.15, 0.2) is 59.0 Å². The SMILES string of the molecule is N#Cc1ccccc1N1CCCN(C(=O)/C=C/c2nc3ccccc3o2)CC1. The Hall–Kier alpha value is -3.59. The molecule has 1 aliphatic rings. The van der Waals surface area contributed by atoms with E-state index in [0.29, 0.717) is 36.7 Å². The molecule has 0 unspecified atom stereocenters. The standard InChI is InChI=1S/C22H20N4O2/c23-16-17-6-1-3-8-19(17)25-12-5-13-26(15-14-25)22(27)11-10-21-24-18-7-2-4-9-20(18)28-21/h1-4,6-11H,5,12-15H2/b11-10+. The molecule has 0 saturated carbocycles. The van der Waals surface area contributed by atoms with Crippen LogP contribution in [0.5, 0.6) is 0 Å². The third-order valence-corrected chi connectivity index (χ3v) is 4.85. The van der Waals surface area contributed by atoms with Crippen LogP contribution in [0.3, 0.4) is 0 Å². The zero-order chi connectivity index (χ0) is 19.3. The number of para-hydroxylation sites is 3. The van der Waals surface area contributed by atoms with E-state index >= 15 is 0 Å². The molecule has 140 valence electrons. The third-order valence-electron chi connectivity index (χ3n) is 4.85. The van der Waals surface area contributed by atoms with E-state index in [9.17, 15) is 10.1 Å². The number of carbonyl (C=O) groups is 1. The van der Waals surface area contributed by atoms with Crippen molar-refractivity contribution in [2.75, 3.05) is 31.1 Å². The summed E-state index contributed by atoms with van der Waals surface area (Å²) in [6.45, 7) is 2.80. The average molecular weight is 372 g/mol. The number of oxazole rings is 1. The lowest BCUT2D eigenvalue weighted by Crippen LogP contribution is -2.34. The minimum absolute atomic E-state index is 0.0577. The fourth-order valence-corrected chi connectivity index (χ4v) is 3.43. The van der Waals surface area contributed by atoms with Crippen LogP contribution in [0.2, 0.25) is 0 Å². The molecule has 3 aromatic rings. The molecule has 0 bridgehead atoms. The molecule has 2 heterocycles. The summed E-state index contributed by atoms with van der Waals surface area (Å²) in [7, 11) is 0. The molecule has 0 atom stereocenters. The van der Waals surface area contributed by atoms with Crippen LogP contribution in [-0.2, 0) is 4.79 Å². The van der Waals surface area contributed by atoms with E-state index in [1.807, 2.05) is 53.4 Å². The number of carbonyl (C=O) groups excluding carboxylic acids is 1. The van der Waals surface area contributed by atoms with Crippen molar-refractivity contribution in [2.45, 2.75) is 6.42 Å². The number of nitrogens with zero attached hydrogens (tertiary/aromatic N) is 4. The zero-order valence-electron chi connectivity index (χ0n) is 15.4. The fourth-order valence-electron chi connectivity index (χ4n) is 3.43. The van der Waals surface area contributed by atoms with Gasteiger partial charge in [0.15, 0.2) is 5.58 Å². The Labute approximate surface area is 163 Å². The summed E-state index contributed by atoms with van der Waals surface area (Å²) in [5.74, 6) is 0.367. The number of nitriles is 1. The molecule has 4 rings (SSSR count). The van der Waals surface area contributed by atoms with Crippen molar-refractivity contribution in [1.82, 2.24) is 9.88 Å². The molecule has 6 nitrogen and oxygen atoms in total. The number of benzene rings is 2. The Morgan fingerprint density at radius 3 is 2.75 bits per heavy atom. The number of fused-ring (bicyclic) bond motifs is 1. The maximum atomic E-state index is 12.6. The first-order chi connectivity index (χ1) is 13.7. The van der Waals surface area contributed by atoms with Crippen molar-refractivity contribution in [2.24, 2.45) is 0 Å². The van der Waals surface area contributed by atoms with E-state index in [-0.39, 0.29) is 5.91 Å². The summed E-state index contributed by atoms with van der Waals surface area (Å²) in [6, 6.07) is 17.4. The maximum absolute atomic E-state index is 12.6. The second kappa shape index (κ2) is 7.97. The van der Waals surface area contributed by atoms with Crippen molar-refractivity contribution < 1.29 is 9.21 Å². The number of hydrogen-bond donors (Lipinski definition) is 0. The van der Waals surface area contributed by atoms with Gasteiger partial charge in [0, 0.05) is 38.3 Å². The summed E-state index contributed by atoms with van der Waals surface area (Å²) in [4.78, 5) is 21.0. The Morgan fingerprint density at radius 1 is 1.07 bits per heavy atom. The lowest BCUT2D eigenvalue weighted by Gasteiger charge is -2.24. The van der Waals surface area contributed by atoms with Gasteiger partial charge in [0.05, 0.1) is 11.3 Å². The quantitative estimate of drug-likeness (QED) is 0.659. The molecule has 2 aromatic carbocycles. The first kappa shape index (κ1) is 17.8. The van der Waals surface area contributed by atoms with Gasteiger partial charge in [0.2, 0.25) is 11.8 Å². The molecule has 1 saturated heterocycles. The summed E-state index contributed by atoms with van der Waals surface area (Å²) < 4.78 is 5.62. The number of amides is 1. The van der Waals surface area contributed by atoms with Gasteiger partial charge in [0.1, 0.15) is 11.6 Å². The summed E-state index contributed by atoms with van der Waals surface area (Å²) in [6.07, 6.45) is 3.99. The predicted octanol–water partition coefficient (Wildman–Crippen LogP) is 3.45. The molecule has 1 aromatic heterocycles. The molecule has 6 heteroatoms. The molecule has 1 amide bonds. The average Bonchev–Trinajstić information content (AvgIpc) is 2.99. The Morgan fingerprint density at radius 2 is 1.89 bits per heavy atom. The normalized spacial score (nSPS) is 15.0. The second-order valence-corrected chi connectivity index (χ2v) is 6.65. The second-order valence-electron chi connectivity index (χ2n) is 6.65. The van der Waals surface area contributed by atoms with Crippen LogP contribution in [0.4, 0.5) is 5.69 Å². The van der Waals surface area contributed by atoms with E-state index in [2.05, 4.69) is 16.0 Å². The fraction of sp³-hybridized carbons (Fsp3) is 0.227. The number of hydrogen-bond acceptors (Lipinski definition) is 5. The van der Waals surface area contributed by atoms with Gasteiger partial charge in [-0.15, -0.1) is 0 Å². The van der Waals surface area contributed by atoms with E-state index < -0.39 is 0 Å². The van der Waals surface area contributed by atoms with Gasteiger partial charge in [-0.3, -0.25) is 4.79 Å². The molecule has 28 heavy (non-hydrogen) atoms. The zero-order valence-corrected chi connectivity index (χ0v) is 15.4. The van der Waals surface area contributed by atoms with E-state index in [0.717, 1.165) is 24.2 Å². The van der Waals surface area contributed by atoms with Crippen molar-refractivity contribution in [3.05, 3.63) is 66.1 Å². The van der Waals surface area contributed by atoms with Crippen LogP contribution in [0.25, 0.3) is 17.2 Å². The summed E-state index contributed by atoms with van der Waals surface area (Å²) in [5.41, 5.74) is 3.08. The van der Waals surface area contributed by atoms with Crippen LogP contribution in [0.1, 0.15) is 17.9 Å². The monoisotopic (exact) mass is 372 g/mol. The molecular weight excluding hydrogens is 352 g/mol. The van der Waals surface area contributed by atoms with Gasteiger partial charge in [-0.05, 0) is 30.7 Å². The minimum atomic E-state index is -0.0577. The topological polar surface area (TPSA) is 73.4 Å². The van der Waals surface area contributed by atoms with Gasteiger partial charge in [-0.25, -0.2) is 4.98 Å². The smallest absolute Gasteiger partial charge is 0.246 e. The van der Waals surface area contributed by atoms with E-state index in [4.69, 9.17) is 4.42 Å².